The van der Waals surface area contributed by atoms with Crippen molar-refractivity contribution >= 4 is 18.3 Å². The number of nitrogens with zero attached hydrogens (tertiary/aromatic N) is 3. The normalized spacial score (nSPS) is 22.7. The molecule has 4 rings (SSSR count). The summed E-state index contributed by atoms with van der Waals surface area (Å²) in [5, 5.41) is 19.1. The number of likely N-dealkylation sites (N-methyl/N-ethyl adjacent to an activating group) is 1. The zero-order chi connectivity index (χ0) is 23.1. The number of hydrogen-bond acceptors (Lipinski definition) is 5. The number of aliphatic hydroxyl groups excluding tert-OH is 1. The number of aromatic nitrogens is 1. The van der Waals surface area contributed by atoms with Gasteiger partial charge in [-0.2, -0.15) is 0 Å². The van der Waals surface area contributed by atoms with Crippen molar-refractivity contribution in [2.45, 2.75) is 63.1 Å². The van der Waals surface area contributed by atoms with Crippen LogP contribution in [0.2, 0.25) is 0 Å². The molecular weight excluding hydrogens is 412 g/mol. The molecule has 2 saturated carbocycles. The lowest BCUT2D eigenvalue weighted by Gasteiger charge is -2.31. The smallest absolute Gasteiger partial charge is 0.290 e. The summed E-state index contributed by atoms with van der Waals surface area (Å²) < 4.78 is 2.10. The first-order valence-electron chi connectivity index (χ1n) is 11.6. The highest BCUT2D eigenvalue weighted by atomic mass is 16.3. The topological polar surface area (TPSA) is 115 Å². The third-order valence-electron chi connectivity index (χ3n) is 6.66. The SMILES string of the molecule is CN(CCO)C(=O)C[C@H]1CC[C@@H](CNC(=O)c2cccn2C2CC2)N1CC1CC1.O=CO. The minimum Gasteiger partial charge on any atom is -0.483 e. The summed E-state index contributed by atoms with van der Waals surface area (Å²) in [5.41, 5.74) is 0.761. The second-order valence-electron chi connectivity index (χ2n) is 9.12. The number of carbonyl (C=O) groups is 3. The van der Waals surface area contributed by atoms with Gasteiger partial charge in [-0.05, 0) is 56.6 Å². The van der Waals surface area contributed by atoms with Gasteiger partial charge in [0.2, 0.25) is 5.91 Å². The van der Waals surface area contributed by atoms with E-state index in [-0.39, 0.29) is 30.9 Å². The number of likely N-dealkylation sites (tertiary alicyclic amines) is 1. The molecule has 1 aromatic heterocycles. The molecule has 32 heavy (non-hydrogen) atoms. The van der Waals surface area contributed by atoms with E-state index in [9.17, 15) is 9.59 Å². The maximum Gasteiger partial charge on any atom is 0.290 e. The van der Waals surface area contributed by atoms with Gasteiger partial charge in [-0.15, -0.1) is 0 Å². The summed E-state index contributed by atoms with van der Waals surface area (Å²) in [4.78, 5) is 37.7. The Morgan fingerprint density at radius 1 is 1.19 bits per heavy atom. The summed E-state index contributed by atoms with van der Waals surface area (Å²) in [7, 11) is 1.76. The fraction of sp³-hybridized carbons (Fsp3) is 0.696. The second-order valence-corrected chi connectivity index (χ2v) is 9.12. The van der Waals surface area contributed by atoms with Gasteiger partial charge in [-0.3, -0.25) is 19.3 Å². The minimum atomic E-state index is -0.250. The molecule has 2 atom stereocenters. The molecule has 1 aromatic rings. The minimum absolute atomic E-state index is 0.00403. The first-order valence-corrected chi connectivity index (χ1v) is 11.6. The molecule has 0 unspecified atom stereocenters. The molecular formula is C23H36N4O5. The van der Waals surface area contributed by atoms with E-state index in [1.807, 2.05) is 18.3 Å². The highest BCUT2D eigenvalue weighted by Crippen LogP contribution is 2.37. The van der Waals surface area contributed by atoms with Crippen LogP contribution in [0.4, 0.5) is 0 Å². The Morgan fingerprint density at radius 2 is 1.88 bits per heavy atom. The predicted molar refractivity (Wildman–Crippen MR) is 119 cm³/mol. The van der Waals surface area contributed by atoms with Crippen molar-refractivity contribution in [3.05, 3.63) is 24.0 Å². The molecule has 2 aliphatic carbocycles. The van der Waals surface area contributed by atoms with Crippen LogP contribution in [0.25, 0.3) is 0 Å². The third-order valence-corrected chi connectivity index (χ3v) is 6.66. The van der Waals surface area contributed by atoms with Gasteiger partial charge in [0.15, 0.2) is 0 Å². The third kappa shape index (κ3) is 6.56. The molecule has 9 heteroatoms. The van der Waals surface area contributed by atoms with E-state index in [4.69, 9.17) is 15.0 Å². The molecule has 178 valence electrons. The maximum absolute atomic E-state index is 12.7. The van der Waals surface area contributed by atoms with Gasteiger partial charge in [0.05, 0.1) is 6.61 Å². The predicted octanol–water partition coefficient (Wildman–Crippen LogP) is 1.34. The lowest BCUT2D eigenvalue weighted by molar-refractivity contribution is -0.131. The lowest BCUT2D eigenvalue weighted by atomic mass is 10.1. The Bertz CT molecular complexity index is 774. The molecule has 3 aliphatic rings. The summed E-state index contributed by atoms with van der Waals surface area (Å²) in [5.74, 6) is 0.846. The van der Waals surface area contributed by atoms with Gasteiger partial charge >= 0.3 is 0 Å². The molecule has 1 saturated heterocycles. The van der Waals surface area contributed by atoms with Crippen LogP contribution in [-0.2, 0) is 9.59 Å². The Labute approximate surface area is 189 Å². The molecule has 3 N–H and O–H groups in total. The molecule has 3 fully saturated rings. The quantitative estimate of drug-likeness (QED) is 0.465. The number of rotatable bonds is 10. The molecule has 0 spiro atoms. The zero-order valence-corrected chi connectivity index (χ0v) is 18.9. The van der Waals surface area contributed by atoms with E-state index in [1.54, 1.807) is 11.9 Å². The van der Waals surface area contributed by atoms with Crippen molar-refractivity contribution < 1.29 is 24.6 Å². The van der Waals surface area contributed by atoms with Gasteiger partial charge < -0.3 is 25.0 Å². The zero-order valence-electron chi connectivity index (χ0n) is 18.9. The van der Waals surface area contributed by atoms with E-state index >= 15 is 0 Å². The van der Waals surface area contributed by atoms with Crippen molar-refractivity contribution in [1.82, 2.24) is 19.7 Å². The van der Waals surface area contributed by atoms with Gasteiger partial charge in [-0.25, -0.2) is 0 Å². The summed E-state index contributed by atoms with van der Waals surface area (Å²) >= 11 is 0. The standard InChI is InChI=1S/C22H34N4O3.CH2O2/c1-24(11-12-27)21(28)13-18-8-9-19(26(18)15-16-4-5-16)14-23-22(29)20-3-2-10-25(20)17-6-7-17;2-1-3/h2-3,10,16-19,27H,4-9,11-15H2,1H3,(H,23,29);1H,(H,2,3)/t18-,19+;/m1./s1. The number of carbonyl (C=O) groups excluding carboxylic acids is 2. The van der Waals surface area contributed by atoms with Crippen LogP contribution in [0.15, 0.2) is 18.3 Å². The Kier molecular flexibility index (Phi) is 8.69. The lowest BCUT2D eigenvalue weighted by Crippen LogP contribution is -2.46. The summed E-state index contributed by atoms with van der Waals surface area (Å²) in [6, 6.07) is 4.89. The van der Waals surface area contributed by atoms with Crippen LogP contribution in [0.3, 0.4) is 0 Å². The molecule has 0 radical (unpaired) electrons. The van der Waals surface area contributed by atoms with Crippen LogP contribution in [0.5, 0.6) is 0 Å². The van der Waals surface area contributed by atoms with E-state index in [0.717, 1.165) is 43.8 Å². The van der Waals surface area contributed by atoms with Crippen molar-refractivity contribution in [3.8, 4) is 0 Å². The monoisotopic (exact) mass is 448 g/mol. The van der Waals surface area contributed by atoms with Crippen molar-refractivity contribution in [3.63, 3.8) is 0 Å². The summed E-state index contributed by atoms with van der Waals surface area (Å²) in [6.45, 7) is 1.80. The van der Waals surface area contributed by atoms with E-state index in [2.05, 4.69) is 14.8 Å². The first kappa shape index (κ1) is 24.3. The molecule has 0 bridgehead atoms. The van der Waals surface area contributed by atoms with Gasteiger partial charge in [0.25, 0.3) is 12.4 Å². The number of hydrogen-bond donors (Lipinski definition) is 3. The fourth-order valence-corrected chi connectivity index (χ4v) is 4.54. The average molecular weight is 449 g/mol. The van der Waals surface area contributed by atoms with Gasteiger partial charge in [0, 0.05) is 57.4 Å². The maximum atomic E-state index is 12.7. The number of amides is 2. The number of carboxylic acid groups (broad SMARTS) is 1. The van der Waals surface area contributed by atoms with Gasteiger partial charge in [0.1, 0.15) is 5.69 Å². The van der Waals surface area contributed by atoms with Crippen LogP contribution in [0, 0.1) is 5.92 Å². The Morgan fingerprint density at radius 3 is 2.50 bits per heavy atom. The highest BCUT2D eigenvalue weighted by molar-refractivity contribution is 5.92. The number of nitrogens with one attached hydrogen (secondary N) is 1. The van der Waals surface area contributed by atoms with Crippen LogP contribution < -0.4 is 5.32 Å². The molecule has 0 aromatic carbocycles. The van der Waals surface area contributed by atoms with Crippen LogP contribution in [-0.4, -0.2) is 88.2 Å². The largest absolute Gasteiger partial charge is 0.483 e. The Balaban J connectivity index is 0.000000913. The van der Waals surface area contributed by atoms with Crippen molar-refractivity contribution in [1.29, 1.82) is 0 Å². The van der Waals surface area contributed by atoms with E-state index in [0.29, 0.717) is 31.6 Å². The average Bonchev–Trinajstić information content (AvgIpc) is 3.69. The second kappa shape index (κ2) is 11.5. The number of aliphatic hydroxyl groups is 1. The summed E-state index contributed by atoms with van der Waals surface area (Å²) in [6.07, 6.45) is 9.37. The van der Waals surface area contributed by atoms with E-state index in [1.165, 1.54) is 12.8 Å². The Hall–Kier alpha value is -2.39. The van der Waals surface area contributed by atoms with Crippen LogP contribution in [0.1, 0.15) is 61.5 Å². The van der Waals surface area contributed by atoms with Crippen LogP contribution >= 0.6 is 0 Å². The highest BCUT2D eigenvalue weighted by Gasteiger charge is 2.38. The molecule has 2 heterocycles. The molecule has 9 nitrogen and oxygen atoms in total. The molecule has 1 aliphatic heterocycles. The molecule has 2 amide bonds. The van der Waals surface area contributed by atoms with Crippen molar-refractivity contribution in [2.75, 3.05) is 33.3 Å². The van der Waals surface area contributed by atoms with E-state index < -0.39 is 0 Å². The first-order chi connectivity index (χ1) is 15.5. The van der Waals surface area contributed by atoms with Crippen molar-refractivity contribution in [2.24, 2.45) is 5.92 Å². The fourth-order valence-electron chi connectivity index (χ4n) is 4.54. The van der Waals surface area contributed by atoms with Gasteiger partial charge in [-0.1, -0.05) is 0 Å².